The Kier molecular flexibility index (Phi) is 4.86. The van der Waals surface area contributed by atoms with Crippen molar-refractivity contribution in [2.24, 2.45) is 0 Å². The topological polar surface area (TPSA) is 77.8 Å². The number of nitrogens with one attached hydrogen (secondary N) is 2. The summed E-state index contributed by atoms with van der Waals surface area (Å²) in [6.45, 7) is 3.82. The van der Waals surface area contributed by atoms with E-state index in [2.05, 4.69) is 15.6 Å². The molecule has 2 rings (SSSR count). The third kappa shape index (κ3) is 3.90. The van der Waals surface area contributed by atoms with Crippen LogP contribution in [-0.2, 0) is 4.79 Å². The first-order valence-corrected chi connectivity index (χ1v) is 7.19. The molecule has 0 aliphatic rings. The Hall–Kier alpha value is -2.72. The first-order valence-electron chi connectivity index (χ1n) is 6.37. The fourth-order valence-corrected chi connectivity index (χ4v) is 2.33. The van der Waals surface area contributed by atoms with Crippen LogP contribution in [-0.4, -0.2) is 10.9 Å². The maximum Gasteiger partial charge on any atom is 0.267 e. The first kappa shape index (κ1) is 15.7. The Morgan fingerprint density at radius 3 is 2.59 bits per heavy atom. The highest BCUT2D eigenvalue weighted by atomic mass is 32.1. The molecule has 0 unspecified atom stereocenters. The molecule has 0 saturated carbocycles. The molecular weight excluding hydrogens is 303 g/mol. The van der Waals surface area contributed by atoms with E-state index < -0.39 is 11.7 Å². The summed E-state index contributed by atoms with van der Waals surface area (Å²) in [5, 5.41) is 15.0. The summed E-state index contributed by atoms with van der Waals surface area (Å²) in [6, 6.07) is 7.11. The van der Waals surface area contributed by atoms with Gasteiger partial charge in [-0.25, -0.2) is 9.37 Å². The monoisotopic (exact) mass is 316 g/mol. The normalized spacial score (nSPS) is 10.9. The maximum atomic E-state index is 12.8. The summed E-state index contributed by atoms with van der Waals surface area (Å²) in [7, 11) is 0. The van der Waals surface area contributed by atoms with Crippen molar-refractivity contribution >= 4 is 28.1 Å². The Balaban J connectivity index is 2.06. The number of aryl methyl sites for hydroxylation is 2. The molecular formula is C15H13FN4OS. The number of benzene rings is 1. The van der Waals surface area contributed by atoms with Crippen molar-refractivity contribution < 1.29 is 9.18 Å². The zero-order valence-electron chi connectivity index (χ0n) is 12.0. The molecule has 1 aromatic carbocycles. The molecule has 0 fully saturated rings. The van der Waals surface area contributed by atoms with E-state index in [1.165, 1.54) is 41.8 Å². The lowest BCUT2D eigenvalue weighted by Crippen LogP contribution is -2.14. The molecule has 2 N–H and O–H groups in total. The van der Waals surface area contributed by atoms with Crippen molar-refractivity contribution in [2.75, 3.05) is 10.6 Å². The molecule has 22 heavy (non-hydrogen) atoms. The molecule has 1 heterocycles. The standard InChI is InChI=1S/C15H13FN4OS/c1-9-10(2)22-15(19-9)18-8-11(7-17)14(21)20-13-5-3-12(16)4-6-13/h3-6,8H,1-2H3,(H,18,19)(H,20,21)/b11-8-. The van der Waals surface area contributed by atoms with Gasteiger partial charge in [0, 0.05) is 16.8 Å². The van der Waals surface area contributed by atoms with Crippen molar-refractivity contribution in [1.82, 2.24) is 4.98 Å². The fraction of sp³-hybridized carbons (Fsp3) is 0.133. The molecule has 0 bridgehead atoms. The second kappa shape index (κ2) is 6.83. The van der Waals surface area contributed by atoms with Gasteiger partial charge in [-0.15, -0.1) is 11.3 Å². The summed E-state index contributed by atoms with van der Waals surface area (Å²) < 4.78 is 12.8. The minimum atomic E-state index is -0.577. The van der Waals surface area contributed by atoms with Crippen LogP contribution in [0.3, 0.4) is 0 Å². The first-order chi connectivity index (χ1) is 10.5. The van der Waals surface area contributed by atoms with Gasteiger partial charge in [-0.05, 0) is 38.1 Å². The van der Waals surface area contributed by atoms with E-state index >= 15 is 0 Å². The largest absolute Gasteiger partial charge is 0.337 e. The Morgan fingerprint density at radius 1 is 1.36 bits per heavy atom. The number of halogens is 1. The number of carbonyl (C=O) groups excluding carboxylic acids is 1. The number of hydrogen-bond donors (Lipinski definition) is 2. The summed E-state index contributed by atoms with van der Waals surface area (Å²) in [5.74, 6) is -0.975. The highest BCUT2D eigenvalue weighted by Crippen LogP contribution is 2.21. The van der Waals surface area contributed by atoms with Gasteiger partial charge in [0.15, 0.2) is 5.13 Å². The van der Waals surface area contributed by atoms with Crippen LogP contribution in [0, 0.1) is 31.0 Å². The number of thiazole rings is 1. The molecule has 0 aliphatic carbocycles. The SMILES string of the molecule is Cc1nc(N/C=C(/C#N)C(=O)Nc2ccc(F)cc2)sc1C. The second-order valence-corrected chi connectivity index (χ2v) is 5.64. The lowest BCUT2D eigenvalue weighted by Gasteiger charge is -2.04. The Labute approximate surface area is 131 Å². The summed E-state index contributed by atoms with van der Waals surface area (Å²) in [6.07, 6.45) is 1.30. The average Bonchev–Trinajstić information content (AvgIpc) is 2.81. The van der Waals surface area contributed by atoms with Crippen LogP contribution in [0.5, 0.6) is 0 Å². The van der Waals surface area contributed by atoms with Gasteiger partial charge in [0.2, 0.25) is 0 Å². The lowest BCUT2D eigenvalue weighted by atomic mass is 10.2. The molecule has 0 aliphatic heterocycles. The number of aromatic nitrogens is 1. The molecule has 0 saturated heterocycles. The van der Waals surface area contributed by atoms with Crippen LogP contribution in [0.25, 0.3) is 0 Å². The van der Waals surface area contributed by atoms with Gasteiger partial charge in [-0.2, -0.15) is 5.26 Å². The predicted octanol–water partition coefficient (Wildman–Crippen LogP) is 3.36. The van der Waals surface area contributed by atoms with Crippen molar-refractivity contribution in [3.8, 4) is 6.07 Å². The molecule has 0 radical (unpaired) electrons. The number of nitrogens with zero attached hydrogens (tertiary/aromatic N) is 2. The Morgan fingerprint density at radius 2 is 2.05 bits per heavy atom. The Bertz CT molecular complexity index is 739. The van der Waals surface area contributed by atoms with Gasteiger partial charge in [-0.3, -0.25) is 4.79 Å². The van der Waals surface area contributed by atoms with Crippen molar-refractivity contribution in [3.63, 3.8) is 0 Å². The minimum absolute atomic E-state index is 0.102. The van der Waals surface area contributed by atoms with E-state index in [1.54, 1.807) is 0 Å². The molecule has 7 heteroatoms. The van der Waals surface area contributed by atoms with Crippen molar-refractivity contribution in [1.29, 1.82) is 5.26 Å². The number of amides is 1. The second-order valence-electron chi connectivity index (χ2n) is 4.44. The summed E-state index contributed by atoms with van der Waals surface area (Å²) >= 11 is 1.43. The summed E-state index contributed by atoms with van der Waals surface area (Å²) in [4.78, 5) is 17.3. The van der Waals surface area contributed by atoms with Crippen LogP contribution >= 0.6 is 11.3 Å². The van der Waals surface area contributed by atoms with Crippen molar-refractivity contribution in [2.45, 2.75) is 13.8 Å². The van der Waals surface area contributed by atoms with Crippen LogP contribution < -0.4 is 10.6 Å². The van der Waals surface area contributed by atoms with Gasteiger partial charge < -0.3 is 10.6 Å². The molecule has 0 spiro atoms. The number of anilines is 2. The smallest absolute Gasteiger partial charge is 0.267 e. The molecule has 0 atom stereocenters. The van der Waals surface area contributed by atoms with Gasteiger partial charge in [0.1, 0.15) is 17.5 Å². The van der Waals surface area contributed by atoms with Gasteiger partial charge in [-0.1, -0.05) is 0 Å². The summed E-state index contributed by atoms with van der Waals surface area (Å²) in [5.41, 5.74) is 1.21. The van der Waals surface area contributed by atoms with E-state index in [0.717, 1.165) is 10.6 Å². The van der Waals surface area contributed by atoms with E-state index in [0.29, 0.717) is 10.8 Å². The van der Waals surface area contributed by atoms with E-state index in [9.17, 15) is 9.18 Å². The van der Waals surface area contributed by atoms with E-state index in [-0.39, 0.29) is 5.57 Å². The van der Waals surface area contributed by atoms with Crippen molar-refractivity contribution in [3.05, 3.63) is 52.4 Å². The number of carbonyl (C=O) groups is 1. The molecule has 1 amide bonds. The molecule has 2 aromatic rings. The quantitative estimate of drug-likeness (QED) is 0.670. The molecule has 1 aromatic heterocycles. The van der Waals surface area contributed by atoms with Crippen LogP contribution in [0.2, 0.25) is 0 Å². The third-order valence-corrected chi connectivity index (χ3v) is 3.84. The highest BCUT2D eigenvalue weighted by Gasteiger charge is 2.10. The zero-order chi connectivity index (χ0) is 16.1. The average molecular weight is 316 g/mol. The number of hydrogen-bond acceptors (Lipinski definition) is 5. The predicted molar refractivity (Wildman–Crippen MR) is 83.9 cm³/mol. The van der Waals surface area contributed by atoms with Gasteiger partial charge in [0.05, 0.1) is 5.69 Å². The lowest BCUT2D eigenvalue weighted by molar-refractivity contribution is -0.112. The number of rotatable bonds is 4. The van der Waals surface area contributed by atoms with E-state index in [4.69, 9.17) is 5.26 Å². The third-order valence-electron chi connectivity index (χ3n) is 2.84. The molecule has 5 nitrogen and oxygen atoms in total. The van der Waals surface area contributed by atoms with Crippen LogP contribution in [0.1, 0.15) is 10.6 Å². The van der Waals surface area contributed by atoms with Crippen LogP contribution in [0.4, 0.5) is 15.2 Å². The van der Waals surface area contributed by atoms with Crippen LogP contribution in [0.15, 0.2) is 36.0 Å². The maximum absolute atomic E-state index is 12.8. The number of nitriles is 1. The fourth-order valence-electron chi connectivity index (χ4n) is 1.55. The van der Waals surface area contributed by atoms with Gasteiger partial charge in [0.25, 0.3) is 5.91 Å². The van der Waals surface area contributed by atoms with Gasteiger partial charge >= 0.3 is 0 Å². The zero-order valence-corrected chi connectivity index (χ0v) is 12.8. The molecule has 112 valence electrons. The highest BCUT2D eigenvalue weighted by molar-refractivity contribution is 7.15. The van der Waals surface area contributed by atoms with E-state index in [1.807, 2.05) is 19.9 Å². The minimum Gasteiger partial charge on any atom is -0.337 e.